The molecule has 0 radical (unpaired) electrons. The van der Waals surface area contributed by atoms with Crippen LogP contribution in [0.2, 0.25) is 0 Å². The van der Waals surface area contributed by atoms with Gasteiger partial charge in [-0.05, 0) is 96.7 Å². The average Bonchev–Trinajstić information content (AvgIpc) is 3.17. The van der Waals surface area contributed by atoms with Crippen molar-refractivity contribution in [1.82, 2.24) is 4.90 Å². The first-order valence-electron chi connectivity index (χ1n) is 23.9. The summed E-state index contributed by atoms with van der Waals surface area (Å²) in [5.74, 6) is 0.0558. The quantitative estimate of drug-likeness (QED) is 0.0379. The summed E-state index contributed by atoms with van der Waals surface area (Å²) in [4.78, 5) is 28.4. The summed E-state index contributed by atoms with van der Waals surface area (Å²) in [5.41, 5.74) is 0.904. The highest BCUT2D eigenvalue weighted by Crippen LogP contribution is 2.21. The number of aliphatic hydroxyl groups excluding tert-OH is 1. The van der Waals surface area contributed by atoms with Crippen LogP contribution in [0, 0.1) is 5.92 Å². The lowest BCUT2D eigenvalue weighted by atomic mass is 9.94. The monoisotopic (exact) mass is 764 g/mol. The van der Waals surface area contributed by atoms with Crippen molar-refractivity contribution in [2.24, 2.45) is 5.92 Å². The van der Waals surface area contributed by atoms with Crippen LogP contribution in [0.1, 0.15) is 240 Å². The minimum absolute atomic E-state index is 0.0520. The molecule has 320 valence electrons. The van der Waals surface area contributed by atoms with Crippen molar-refractivity contribution in [3.8, 4) is 0 Å². The van der Waals surface area contributed by atoms with Crippen molar-refractivity contribution in [2.75, 3.05) is 39.5 Å². The normalized spacial score (nSPS) is 12.4. The fourth-order valence-corrected chi connectivity index (χ4v) is 7.34. The lowest BCUT2D eigenvalue weighted by Crippen LogP contribution is -2.27. The van der Waals surface area contributed by atoms with Crippen LogP contribution < -0.4 is 0 Å². The number of carbonyl (C=O) groups is 2. The molecule has 0 spiro atoms. The fourth-order valence-electron chi connectivity index (χ4n) is 7.34. The van der Waals surface area contributed by atoms with Gasteiger partial charge in [-0.25, -0.2) is 4.79 Å². The van der Waals surface area contributed by atoms with Crippen molar-refractivity contribution in [1.29, 1.82) is 0 Å². The van der Waals surface area contributed by atoms with E-state index in [9.17, 15) is 14.7 Å². The SMILES string of the molecule is CCCCCCC/C=C(\CCCCCC)C(=O)OCCCCCCN(CCCCO)CCCCCCOC(=O)C(CCCCCC)CCCCCCCC. The summed E-state index contributed by atoms with van der Waals surface area (Å²) in [6, 6.07) is 0. The molecule has 0 aliphatic heterocycles. The van der Waals surface area contributed by atoms with Crippen molar-refractivity contribution < 1.29 is 24.2 Å². The first-order valence-corrected chi connectivity index (χ1v) is 23.9. The highest BCUT2D eigenvalue weighted by Gasteiger charge is 2.19. The van der Waals surface area contributed by atoms with E-state index < -0.39 is 0 Å². The molecule has 54 heavy (non-hydrogen) atoms. The number of allylic oxidation sites excluding steroid dienone is 1. The van der Waals surface area contributed by atoms with E-state index in [1.165, 1.54) is 103 Å². The van der Waals surface area contributed by atoms with Crippen LogP contribution >= 0.6 is 0 Å². The number of ether oxygens (including phenoxy) is 2. The zero-order valence-corrected chi connectivity index (χ0v) is 36.8. The van der Waals surface area contributed by atoms with Crippen LogP contribution in [-0.2, 0) is 19.1 Å². The Hall–Kier alpha value is -1.40. The molecule has 0 aromatic carbocycles. The molecule has 1 N–H and O–H groups in total. The molecule has 0 amide bonds. The molecule has 0 saturated carbocycles. The Kier molecular flexibility index (Phi) is 41.6. The second-order valence-electron chi connectivity index (χ2n) is 16.2. The molecule has 0 aliphatic rings. The second kappa shape index (κ2) is 42.7. The van der Waals surface area contributed by atoms with Crippen LogP contribution in [0.4, 0.5) is 0 Å². The standard InChI is InChI=1S/C48H93NO5/c1-5-9-13-17-19-27-37-45(35-25-15-11-7-3)47(51)53-43-33-23-21-29-39-49(41-31-32-42-50)40-30-22-24-34-44-54-48(52)46(36-26-16-12-8-4)38-28-20-18-14-10-6-2/h37,46,50H,5-36,38-44H2,1-4H3/b45-37+. The van der Waals surface area contributed by atoms with E-state index in [-0.39, 0.29) is 24.5 Å². The van der Waals surface area contributed by atoms with E-state index in [0.717, 1.165) is 134 Å². The third-order valence-corrected chi connectivity index (χ3v) is 11.0. The molecule has 0 saturated heterocycles. The van der Waals surface area contributed by atoms with Gasteiger partial charge in [-0.2, -0.15) is 0 Å². The van der Waals surface area contributed by atoms with Gasteiger partial charge >= 0.3 is 11.9 Å². The van der Waals surface area contributed by atoms with Gasteiger partial charge in [0.15, 0.2) is 0 Å². The van der Waals surface area contributed by atoms with Crippen LogP contribution in [0.25, 0.3) is 0 Å². The zero-order chi connectivity index (χ0) is 39.6. The minimum Gasteiger partial charge on any atom is -0.465 e. The molecular weight excluding hydrogens is 671 g/mol. The predicted molar refractivity (Wildman–Crippen MR) is 232 cm³/mol. The Morgan fingerprint density at radius 1 is 0.500 bits per heavy atom. The lowest BCUT2D eigenvalue weighted by Gasteiger charge is -2.22. The molecule has 1 unspecified atom stereocenters. The maximum Gasteiger partial charge on any atom is 0.333 e. The largest absolute Gasteiger partial charge is 0.465 e. The summed E-state index contributed by atoms with van der Waals surface area (Å²) < 4.78 is 11.6. The number of unbranched alkanes of at least 4 members (excludes halogenated alkanes) is 23. The van der Waals surface area contributed by atoms with E-state index in [4.69, 9.17) is 9.47 Å². The Morgan fingerprint density at radius 3 is 1.48 bits per heavy atom. The van der Waals surface area contributed by atoms with Gasteiger partial charge in [0.2, 0.25) is 0 Å². The molecule has 0 aromatic heterocycles. The Morgan fingerprint density at radius 2 is 0.926 bits per heavy atom. The summed E-state index contributed by atoms with van der Waals surface area (Å²) in [6.07, 6.45) is 40.0. The molecule has 6 nitrogen and oxygen atoms in total. The van der Waals surface area contributed by atoms with Gasteiger partial charge in [0.25, 0.3) is 0 Å². The van der Waals surface area contributed by atoms with Gasteiger partial charge in [0.1, 0.15) is 0 Å². The predicted octanol–water partition coefficient (Wildman–Crippen LogP) is 13.9. The molecule has 6 heteroatoms. The van der Waals surface area contributed by atoms with E-state index in [1.807, 2.05) is 0 Å². The van der Waals surface area contributed by atoms with Crippen LogP contribution in [0.3, 0.4) is 0 Å². The summed E-state index contributed by atoms with van der Waals surface area (Å²) in [7, 11) is 0. The Labute approximate surface area is 336 Å². The maximum absolute atomic E-state index is 13.0. The smallest absolute Gasteiger partial charge is 0.333 e. The molecule has 0 fully saturated rings. The molecule has 0 aromatic rings. The van der Waals surface area contributed by atoms with E-state index >= 15 is 0 Å². The van der Waals surface area contributed by atoms with Gasteiger partial charge in [-0.1, -0.05) is 169 Å². The Balaban J connectivity index is 4.40. The summed E-state index contributed by atoms with van der Waals surface area (Å²) >= 11 is 0. The number of hydrogen-bond donors (Lipinski definition) is 1. The lowest BCUT2D eigenvalue weighted by molar-refractivity contribution is -0.149. The van der Waals surface area contributed by atoms with E-state index in [1.54, 1.807) is 0 Å². The number of rotatable bonds is 43. The van der Waals surface area contributed by atoms with Crippen molar-refractivity contribution >= 4 is 11.9 Å². The first-order chi connectivity index (χ1) is 26.5. The molecular formula is C48H93NO5. The van der Waals surface area contributed by atoms with Crippen LogP contribution in [0.15, 0.2) is 11.6 Å². The summed E-state index contributed by atoms with van der Waals surface area (Å²) in [6.45, 7) is 13.5. The molecule has 0 aliphatic carbocycles. The van der Waals surface area contributed by atoms with Gasteiger partial charge in [0.05, 0.1) is 19.1 Å². The average molecular weight is 764 g/mol. The third-order valence-electron chi connectivity index (χ3n) is 11.0. The fraction of sp³-hybridized carbons (Fsp3) is 0.917. The maximum atomic E-state index is 13.0. The number of aliphatic hydroxyl groups is 1. The van der Waals surface area contributed by atoms with E-state index in [0.29, 0.717) is 13.2 Å². The van der Waals surface area contributed by atoms with Gasteiger partial charge < -0.3 is 19.5 Å². The molecule has 0 heterocycles. The highest BCUT2D eigenvalue weighted by atomic mass is 16.5. The van der Waals surface area contributed by atoms with Gasteiger partial charge in [-0.15, -0.1) is 0 Å². The van der Waals surface area contributed by atoms with Crippen molar-refractivity contribution in [2.45, 2.75) is 240 Å². The molecule has 0 bridgehead atoms. The van der Waals surface area contributed by atoms with Gasteiger partial charge in [-0.3, -0.25) is 4.79 Å². The zero-order valence-electron chi connectivity index (χ0n) is 36.8. The van der Waals surface area contributed by atoms with Gasteiger partial charge in [0, 0.05) is 12.2 Å². The van der Waals surface area contributed by atoms with Crippen molar-refractivity contribution in [3.63, 3.8) is 0 Å². The first kappa shape index (κ1) is 52.6. The second-order valence-corrected chi connectivity index (χ2v) is 16.2. The number of carbonyl (C=O) groups excluding carboxylic acids is 2. The minimum atomic E-state index is -0.0845. The Bertz CT molecular complexity index is 830. The number of esters is 2. The topological polar surface area (TPSA) is 76.1 Å². The number of hydrogen-bond acceptors (Lipinski definition) is 6. The molecule has 1 atom stereocenters. The molecule has 0 rings (SSSR count). The number of nitrogens with zero attached hydrogens (tertiary/aromatic N) is 1. The third kappa shape index (κ3) is 35.0. The van der Waals surface area contributed by atoms with Crippen LogP contribution in [0.5, 0.6) is 0 Å². The highest BCUT2D eigenvalue weighted by molar-refractivity contribution is 5.88. The van der Waals surface area contributed by atoms with Crippen molar-refractivity contribution in [3.05, 3.63) is 11.6 Å². The summed E-state index contributed by atoms with van der Waals surface area (Å²) in [5, 5.41) is 9.32. The van der Waals surface area contributed by atoms with Crippen LogP contribution in [-0.4, -0.2) is 61.4 Å². The van der Waals surface area contributed by atoms with E-state index in [2.05, 4.69) is 38.7 Å².